The molecule has 0 spiro atoms. The molecule has 0 aliphatic carbocycles. The number of nitrogens with zero attached hydrogens (tertiary/aromatic N) is 2. The maximum atomic E-state index is 13.1. The fourth-order valence-corrected chi connectivity index (χ4v) is 2.91. The van der Waals surface area contributed by atoms with Crippen molar-refractivity contribution < 1.29 is 9.18 Å². The number of thiophene rings is 1. The number of anilines is 1. The van der Waals surface area contributed by atoms with Crippen LogP contribution in [0.1, 0.15) is 29.1 Å². The second-order valence-electron chi connectivity index (χ2n) is 4.41. The highest BCUT2D eigenvalue weighted by atomic mass is 32.1. The summed E-state index contributed by atoms with van der Waals surface area (Å²) in [7, 11) is 0. The van der Waals surface area contributed by atoms with Gasteiger partial charge in [-0.1, -0.05) is 26.0 Å². The van der Waals surface area contributed by atoms with Crippen LogP contribution in [0.25, 0.3) is 10.2 Å². The second kappa shape index (κ2) is 7.64. The van der Waals surface area contributed by atoms with E-state index in [0.717, 1.165) is 0 Å². The van der Waals surface area contributed by atoms with Crippen molar-refractivity contribution in [3.63, 3.8) is 0 Å². The average molecular weight is 332 g/mol. The molecule has 5 nitrogen and oxygen atoms in total. The zero-order chi connectivity index (χ0) is 16.8. The SMILES string of the molecule is CC.Nc1c(C(=O)NCc2cccc(F)c2)sc2nnccc12. The minimum absolute atomic E-state index is 0.232. The van der Waals surface area contributed by atoms with Crippen molar-refractivity contribution >= 4 is 33.1 Å². The Morgan fingerprint density at radius 2 is 2.13 bits per heavy atom. The van der Waals surface area contributed by atoms with Crippen molar-refractivity contribution in [2.45, 2.75) is 20.4 Å². The Hall–Kier alpha value is -2.54. The number of rotatable bonds is 3. The Kier molecular flexibility index (Phi) is 5.59. The number of carbonyl (C=O) groups is 1. The Morgan fingerprint density at radius 3 is 2.83 bits per heavy atom. The van der Waals surface area contributed by atoms with Crippen LogP contribution in [-0.4, -0.2) is 16.1 Å². The molecular formula is C16H17FN4OS. The van der Waals surface area contributed by atoms with E-state index >= 15 is 0 Å². The third-order valence-corrected chi connectivity index (χ3v) is 4.07. The molecule has 0 unspecified atom stereocenters. The van der Waals surface area contributed by atoms with E-state index in [9.17, 15) is 9.18 Å². The number of benzene rings is 1. The lowest BCUT2D eigenvalue weighted by Gasteiger charge is -2.04. The molecule has 3 N–H and O–H groups in total. The van der Waals surface area contributed by atoms with Gasteiger partial charge in [0.25, 0.3) is 5.91 Å². The van der Waals surface area contributed by atoms with Crippen LogP contribution in [0.2, 0.25) is 0 Å². The first-order valence-corrected chi connectivity index (χ1v) is 7.99. The van der Waals surface area contributed by atoms with Crippen LogP contribution in [0.3, 0.4) is 0 Å². The number of aromatic nitrogens is 2. The molecule has 2 aromatic heterocycles. The summed E-state index contributed by atoms with van der Waals surface area (Å²) in [6, 6.07) is 7.79. The quantitative estimate of drug-likeness (QED) is 0.770. The number of hydrogen-bond acceptors (Lipinski definition) is 5. The molecule has 1 amide bonds. The van der Waals surface area contributed by atoms with Gasteiger partial charge in [-0.25, -0.2) is 4.39 Å². The number of nitrogen functional groups attached to an aromatic ring is 1. The van der Waals surface area contributed by atoms with Crippen LogP contribution in [-0.2, 0) is 6.54 Å². The molecule has 0 saturated heterocycles. The molecule has 0 bridgehead atoms. The smallest absolute Gasteiger partial charge is 0.263 e. The predicted octanol–water partition coefficient (Wildman–Crippen LogP) is 3.37. The predicted molar refractivity (Wildman–Crippen MR) is 90.7 cm³/mol. The molecule has 120 valence electrons. The number of nitrogens with two attached hydrogens (primary N) is 1. The van der Waals surface area contributed by atoms with Gasteiger partial charge in [-0.05, 0) is 23.8 Å². The summed E-state index contributed by atoms with van der Waals surface area (Å²) in [5.41, 5.74) is 7.03. The Balaban J connectivity index is 0.000000924. The first kappa shape index (κ1) is 16.8. The first-order valence-electron chi connectivity index (χ1n) is 7.17. The van der Waals surface area contributed by atoms with Gasteiger partial charge in [-0.2, -0.15) is 5.10 Å². The Labute approximate surface area is 137 Å². The first-order chi connectivity index (χ1) is 11.1. The van der Waals surface area contributed by atoms with E-state index in [-0.39, 0.29) is 18.3 Å². The molecule has 0 atom stereocenters. The van der Waals surface area contributed by atoms with E-state index in [4.69, 9.17) is 5.73 Å². The fraction of sp³-hybridized carbons (Fsp3) is 0.188. The van der Waals surface area contributed by atoms with Crippen LogP contribution < -0.4 is 11.1 Å². The minimum atomic E-state index is -0.335. The highest BCUT2D eigenvalue weighted by Crippen LogP contribution is 2.31. The van der Waals surface area contributed by atoms with E-state index in [1.807, 2.05) is 13.8 Å². The Bertz CT molecular complexity index is 819. The van der Waals surface area contributed by atoms with Crippen molar-refractivity contribution in [2.75, 3.05) is 5.73 Å². The number of carbonyl (C=O) groups excluding carboxylic acids is 1. The fourth-order valence-electron chi connectivity index (χ4n) is 1.95. The molecule has 2 heterocycles. The lowest BCUT2D eigenvalue weighted by molar-refractivity contribution is 0.0956. The van der Waals surface area contributed by atoms with Crippen molar-refractivity contribution in [3.05, 3.63) is 52.8 Å². The summed E-state index contributed by atoms with van der Waals surface area (Å²) in [5, 5.41) is 11.1. The van der Waals surface area contributed by atoms with Crippen molar-refractivity contribution in [3.8, 4) is 0 Å². The standard InChI is InChI=1S/C14H11FN4OS.C2H6/c15-9-3-1-2-8(6-9)7-17-13(20)12-11(16)10-4-5-18-19-14(10)21-12;1-2/h1-6H,7,16H2,(H,17,20);1-2H3. The topological polar surface area (TPSA) is 80.9 Å². The third-order valence-electron chi connectivity index (χ3n) is 2.97. The summed E-state index contributed by atoms with van der Waals surface area (Å²) in [6.07, 6.45) is 1.53. The molecule has 23 heavy (non-hydrogen) atoms. The van der Waals surface area contributed by atoms with Crippen LogP contribution in [0.4, 0.5) is 10.1 Å². The number of halogens is 1. The molecule has 0 aliphatic rings. The van der Waals surface area contributed by atoms with Crippen molar-refractivity contribution in [1.29, 1.82) is 0 Å². The zero-order valence-electron chi connectivity index (χ0n) is 12.8. The molecule has 0 aliphatic heterocycles. The normalized spacial score (nSPS) is 10.0. The van der Waals surface area contributed by atoms with E-state index in [1.165, 1.54) is 29.7 Å². The number of amides is 1. The maximum Gasteiger partial charge on any atom is 0.263 e. The van der Waals surface area contributed by atoms with Gasteiger partial charge < -0.3 is 11.1 Å². The molecule has 1 aromatic carbocycles. The lowest BCUT2D eigenvalue weighted by Crippen LogP contribution is -2.22. The molecule has 3 rings (SSSR count). The second-order valence-corrected chi connectivity index (χ2v) is 5.41. The molecule has 7 heteroatoms. The molecule has 3 aromatic rings. The van der Waals surface area contributed by atoms with E-state index in [2.05, 4.69) is 15.5 Å². The van der Waals surface area contributed by atoms with Gasteiger partial charge in [-0.3, -0.25) is 4.79 Å². The molecule has 0 fully saturated rings. The summed E-state index contributed by atoms with van der Waals surface area (Å²) in [6.45, 7) is 4.23. The summed E-state index contributed by atoms with van der Waals surface area (Å²) >= 11 is 1.19. The summed E-state index contributed by atoms with van der Waals surface area (Å²) in [5.74, 6) is -0.641. The maximum absolute atomic E-state index is 13.1. The summed E-state index contributed by atoms with van der Waals surface area (Å²) < 4.78 is 13.1. The summed E-state index contributed by atoms with van der Waals surface area (Å²) in [4.78, 5) is 13.2. The van der Waals surface area contributed by atoms with E-state index in [0.29, 0.717) is 26.3 Å². The van der Waals surface area contributed by atoms with Gasteiger partial charge in [0.2, 0.25) is 0 Å². The van der Waals surface area contributed by atoms with Crippen LogP contribution in [0.15, 0.2) is 36.5 Å². The molecular weight excluding hydrogens is 315 g/mol. The minimum Gasteiger partial charge on any atom is -0.397 e. The average Bonchev–Trinajstić information content (AvgIpc) is 2.92. The zero-order valence-corrected chi connectivity index (χ0v) is 13.7. The number of fused-ring (bicyclic) bond motifs is 1. The van der Waals surface area contributed by atoms with Crippen molar-refractivity contribution in [1.82, 2.24) is 15.5 Å². The molecule has 0 radical (unpaired) electrons. The van der Waals surface area contributed by atoms with Gasteiger partial charge >= 0.3 is 0 Å². The van der Waals surface area contributed by atoms with Gasteiger partial charge in [0.05, 0.1) is 11.9 Å². The largest absolute Gasteiger partial charge is 0.397 e. The number of hydrogen-bond donors (Lipinski definition) is 2. The van der Waals surface area contributed by atoms with E-state index < -0.39 is 0 Å². The Morgan fingerprint density at radius 1 is 1.35 bits per heavy atom. The van der Waals surface area contributed by atoms with Gasteiger partial charge in [0.15, 0.2) is 0 Å². The van der Waals surface area contributed by atoms with Gasteiger partial charge in [-0.15, -0.1) is 16.4 Å². The lowest BCUT2D eigenvalue weighted by atomic mass is 10.2. The third kappa shape index (κ3) is 3.81. The van der Waals surface area contributed by atoms with E-state index in [1.54, 1.807) is 18.2 Å². The molecule has 0 saturated carbocycles. The highest BCUT2D eigenvalue weighted by molar-refractivity contribution is 7.21. The van der Waals surface area contributed by atoms with Crippen LogP contribution >= 0.6 is 11.3 Å². The monoisotopic (exact) mass is 332 g/mol. The van der Waals surface area contributed by atoms with Gasteiger partial charge in [0.1, 0.15) is 15.5 Å². The van der Waals surface area contributed by atoms with Crippen molar-refractivity contribution in [2.24, 2.45) is 0 Å². The number of nitrogens with one attached hydrogen (secondary N) is 1. The van der Waals surface area contributed by atoms with Crippen LogP contribution in [0, 0.1) is 5.82 Å². The highest BCUT2D eigenvalue weighted by Gasteiger charge is 2.16. The van der Waals surface area contributed by atoms with Crippen LogP contribution in [0.5, 0.6) is 0 Å². The van der Waals surface area contributed by atoms with Gasteiger partial charge in [0, 0.05) is 11.9 Å².